The molecule has 0 aromatic heterocycles. The van der Waals surface area contributed by atoms with Crippen LogP contribution in [-0.4, -0.2) is 51.6 Å². The lowest BCUT2D eigenvalue weighted by atomic mass is 10.3. The molecular weight excluding hydrogens is 421 g/mol. The van der Waals surface area contributed by atoms with Gasteiger partial charge in [0.2, 0.25) is 0 Å². The maximum atomic E-state index is 13.0. The molecule has 1 aliphatic carbocycles. The zero-order chi connectivity index (χ0) is 19.4. The van der Waals surface area contributed by atoms with Crippen molar-refractivity contribution in [3.05, 3.63) is 0 Å². The van der Waals surface area contributed by atoms with Crippen LogP contribution in [0, 0.1) is 0 Å². The van der Waals surface area contributed by atoms with Crippen LogP contribution in [0.5, 0.6) is 0 Å². The van der Waals surface area contributed by atoms with Crippen molar-refractivity contribution in [2.24, 2.45) is 0 Å². The first kappa shape index (κ1) is 21.4. The van der Waals surface area contributed by atoms with E-state index in [2.05, 4.69) is 0 Å². The van der Waals surface area contributed by atoms with Crippen molar-refractivity contribution in [1.82, 2.24) is 0 Å². The third kappa shape index (κ3) is 3.49. The van der Waals surface area contributed by atoms with Crippen LogP contribution in [0.25, 0.3) is 0 Å². The molecule has 1 rings (SSSR count). The van der Waals surface area contributed by atoms with Gasteiger partial charge in [0.25, 0.3) is 23.6 Å². The standard InChI is InChI=1S/C8H9F7O6S3/c9-4-1-2-5(3-4)22(16,17)6(23(18,19)7(10,11)12)24(20,21)8(13,14)15/h4-6H,1-3H2. The van der Waals surface area contributed by atoms with E-state index in [1.54, 1.807) is 0 Å². The van der Waals surface area contributed by atoms with Crippen molar-refractivity contribution in [3.63, 3.8) is 0 Å². The monoisotopic (exact) mass is 430 g/mol. The van der Waals surface area contributed by atoms with E-state index in [0.717, 1.165) is 0 Å². The van der Waals surface area contributed by atoms with Gasteiger partial charge in [-0.1, -0.05) is 0 Å². The Bertz CT molecular complexity index is 748. The van der Waals surface area contributed by atoms with E-state index in [1.807, 2.05) is 0 Å². The molecule has 0 heterocycles. The molecule has 0 aliphatic heterocycles. The van der Waals surface area contributed by atoms with Crippen LogP contribution < -0.4 is 0 Å². The fourth-order valence-electron chi connectivity index (χ4n) is 2.08. The van der Waals surface area contributed by atoms with Gasteiger partial charge in [0.15, 0.2) is 9.84 Å². The molecule has 0 radical (unpaired) electrons. The Morgan fingerprint density at radius 2 is 1.12 bits per heavy atom. The van der Waals surface area contributed by atoms with Gasteiger partial charge in [-0.2, -0.15) is 26.3 Å². The van der Waals surface area contributed by atoms with Crippen LogP contribution in [0.15, 0.2) is 0 Å². The van der Waals surface area contributed by atoms with Crippen LogP contribution in [0.4, 0.5) is 30.7 Å². The van der Waals surface area contributed by atoms with E-state index in [9.17, 15) is 56.0 Å². The first-order valence-corrected chi connectivity index (χ1v) is 10.5. The Hall–Kier alpha value is -0.640. The Morgan fingerprint density at radius 1 is 0.750 bits per heavy atom. The molecule has 0 bridgehead atoms. The highest BCUT2D eigenvalue weighted by Gasteiger charge is 2.69. The topological polar surface area (TPSA) is 102 Å². The minimum absolute atomic E-state index is 0.575. The third-order valence-corrected chi connectivity index (χ3v) is 12.1. The molecule has 1 fully saturated rings. The second-order valence-electron chi connectivity index (χ2n) is 4.89. The van der Waals surface area contributed by atoms with Gasteiger partial charge >= 0.3 is 11.0 Å². The van der Waals surface area contributed by atoms with Crippen LogP contribution in [0.3, 0.4) is 0 Å². The molecule has 0 saturated heterocycles. The summed E-state index contributed by atoms with van der Waals surface area (Å²) in [5, 5.41) is -2.30. The molecule has 16 heteroatoms. The number of hydrogen-bond donors (Lipinski definition) is 0. The van der Waals surface area contributed by atoms with E-state index in [0.29, 0.717) is 0 Å². The normalized spacial score (nSPS) is 24.5. The molecule has 1 aliphatic rings. The summed E-state index contributed by atoms with van der Waals surface area (Å²) < 4.78 is 152. The Labute approximate surface area is 131 Å². The summed E-state index contributed by atoms with van der Waals surface area (Å²) in [4.78, 5) is 0. The van der Waals surface area contributed by atoms with Gasteiger partial charge in [-0.25, -0.2) is 29.6 Å². The van der Waals surface area contributed by atoms with E-state index in [1.165, 1.54) is 0 Å². The lowest BCUT2D eigenvalue weighted by Gasteiger charge is -2.23. The van der Waals surface area contributed by atoms with Gasteiger partial charge < -0.3 is 0 Å². The van der Waals surface area contributed by atoms with Crippen molar-refractivity contribution in [2.45, 2.75) is 45.6 Å². The van der Waals surface area contributed by atoms with Crippen molar-refractivity contribution >= 4 is 29.5 Å². The SMILES string of the molecule is O=S(=O)(C1CCC(F)C1)C(S(=O)(=O)C(F)(F)F)S(=O)(=O)C(F)(F)F. The van der Waals surface area contributed by atoms with Gasteiger partial charge in [-0.15, -0.1) is 0 Å². The lowest BCUT2D eigenvalue weighted by molar-refractivity contribution is -0.0462. The largest absolute Gasteiger partial charge is 0.499 e. The van der Waals surface area contributed by atoms with Gasteiger partial charge in [0.05, 0.1) is 5.25 Å². The number of sulfone groups is 3. The molecule has 1 saturated carbocycles. The molecule has 144 valence electrons. The van der Waals surface area contributed by atoms with Crippen LogP contribution in [0.1, 0.15) is 19.3 Å². The minimum atomic E-state index is -7.31. The van der Waals surface area contributed by atoms with Gasteiger partial charge in [0.1, 0.15) is 6.17 Å². The Kier molecular flexibility index (Phi) is 5.32. The number of halogens is 7. The molecule has 2 unspecified atom stereocenters. The first-order valence-electron chi connectivity index (χ1n) is 5.84. The van der Waals surface area contributed by atoms with Crippen LogP contribution in [-0.2, 0) is 29.5 Å². The zero-order valence-electron chi connectivity index (χ0n) is 11.2. The highest BCUT2D eigenvalue weighted by molar-refractivity contribution is 8.24. The van der Waals surface area contributed by atoms with Crippen molar-refractivity contribution in [3.8, 4) is 0 Å². The van der Waals surface area contributed by atoms with Crippen molar-refractivity contribution in [1.29, 1.82) is 0 Å². The number of rotatable bonds is 4. The molecule has 0 spiro atoms. The van der Waals surface area contributed by atoms with Crippen LogP contribution >= 0.6 is 0 Å². The lowest BCUT2D eigenvalue weighted by Crippen LogP contribution is -2.51. The maximum Gasteiger partial charge on any atom is 0.499 e. The van der Waals surface area contributed by atoms with Crippen molar-refractivity contribution in [2.75, 3.05) is 0 Å². The predicted octanol–water partition coefficient (Wildman–Crippen LogP) is 1.44. The van der Waals surface area contributed by atoms with E-state index >= 15 is 0 Å². The Morgan fingerprint density at radius 3 is 1.38 bits per heavy atom. The second-order valence-corrected chi connectivity index (χ2v) is 12.2. The number of hydrogen-bond acceptors (Lipinski definition) is 6. The highest BCUT2D eigenvalue weighted by Crippen LogP contribution is 2.42. The first-order chi connectivity index (χ1) is 10.4. The Balaban J connectivity index is 3.70. The maximum absolute atomic E-state index is 13.0. The molecule has 24 heavy (non-hydrogen) atoms. The average Bonchev–Trinajstić information content (AvgIpc) is 2.72. The van der Waals surface area contributed by atoms with Gasteiger partial charge in [0, 0.05) is 0 Å². The summed E-state index contributed by atoms with van der Waals surface area (Å²) in [5.74, 6) is 0. The second kappa shape index (κ2) is 5.96. The molecule has 0 amide bonds. The van der Waals surface area contributed by atoms with E-state index in [4.69, 9.17) is 0 Å². The zero-order valence-corrected chi connectivity index (χ0v) is 13.6. The smallest absolute Gasteiger partial charge is 0.247 e. The van der Waals surface area contributed by atoms with E-state index < -0.39 is 75.1 Å². The number of alkyl halides is 7. The predicted molar refractivity (Wildman–Crippen MR) is 65.2 cm³/mol. The molecule has 0 aromatic carbocycles. The molecule has 6 nitrogen and oxygen atoms in total. The molecule has 0 N–H and O–H groups in total. The molecule has 0 aromatic rings. The van der Waals surface area contributed by atoms with E-state index in [-0.39, 0.29) is 0 Å². The summed E-state index contributed by atoms with van der Waals surface area (Å²) in [5.41, 5.74) is -13.2. The van der Waals surface area contributed by atoms with Crippen LogP contribution in [0.2, 0.25) is 0 Å². The summed E-state index contributed by atoms with van der Waals surface area (Å²) in [6.45, 7) is 0. The summed E-state index contributed by atoms with van der Waals surface area (Å²) in [6, 6.07) is 0. The fourth-order valence-corrected chi connectivity index (χ4v) is 10.2. The summed E-state index contributed by atoms with van der Waals surface area (Å²) in [6.07, 6.45) is -4.40. The van der Waals surface area contributed by atoms with Crippen molar-refractivity contribution < 1.29 is 56.0 Å². The quantitative estimate of drug-likeness (QED) is 0.626. The van der Waals surface area contributed by atoms with Gasteiger partial charge in [-0.3, -0.25) is 0 Å². The molecular formula is C8H9F7O6S3. The third-order valence-electron chi connectivity index (χ3n) is 3.21. The summed E-state index contributed by atoms with van der Waals surface area (Å²) >= 11 is 0. The molecule has 2 atom stereocenters. The summed E-state index contributed by atoms with van der Waals surface area (Å²) in [7, 11) is -20.7. The van der Waals surface area contributed by atoms with Gasteiger partial charge in [-0.05, 0) is 19.3 Å². The fraction of sp³-hybridized carbons (Fsp3) is 1.00. The average molecular weight is 430 g/mol. The minimum Gasteiger partial charge on any atom is -0.247 e. The highest BCUT2D eigenvalue weighted by atomic mass is 32.3.